The van der Waals surface area contributed by atoms with Gasteiger partial charge in [-0.25, -0.2) is 0 Å². The predicted molar refractivity (Wildman–Crippen MR) is 103 cm³/mol. The number of hydrogen-bond donors (Lipinski definition) is 2. The first-order valence-corrected chi connectivity index (χ1v) is 8.76. The molecule has 1 unspecified atom stereocenters. The largest absolute Gasteiger partial charge is 0.496 e. The Morgan fingerprint density at radius 3 is 2.62 bits per heavy atom. The molecule has 138 valence electrons. The average molecular weight is 376 g/mol. The van der Waals surface area contributed by atoms with Crippen molar-refractivity contribution in [3.8, 4) is 5.75 Å². The molecule has 26 heavy (non-hydrogen) atoms. The highest BCUT2D eigenvalue weighted by Gasteiger charge is 2.23. The van der Waals surface area contributed by atoms with Crippen LogP contribution < -0.4 is 15.0 Å². The summed E-state index contributed by atoms with van der Waals surface area (Å²) in [6, 6.07) is 12.1. The normalized spacial score (nSPS) is 13.0. The van der Waals surface area contributed by atoms with Gasteiger partial charge >= 0.3 is 0 Å². The molecule has 0 saturated heterocycles. The van der Waals surface area contributed by atoms with E-state index >= 15 is 0 Å². The minimum absolute atomic E-state index is 0.0371. The van der Waals surface area contributed by atoms with Crippen molar-refractivity contribution < 1.29 is 19.2 Å². The van der Waals surface area contributed by atoms with Gasteiger partial charge in [0.1, 0.15) is 12.3 Å². The van der Waals surface area contributed by atoms with Gasteiger partial charge in [-0.1, -0.05) is 23.7 Å². The highest BCUT2D eigenvalue weighted by atomic mass is 35.5. The Labute approximate surface area is 158 Å². The Balaban J connectivity index is 2.07. The maximum Gasteiger partial charge on any atom is 0.282 e. The number of rotatable bonds is 7. The first-order valence-electron chi connectivity index (χ1n) is 8.38. The molecule has 0 radical (unpaired) electrons. The van der Waals surface area contributed by atoms with Crippen LogP contribution in [0.4, 0.5) is 5.69 Å². The maximum absolute atomic E-state index is 12.6. The third-order valence-corrected chi connectivity index (χ3v) is 4.62. The van der Waals surface area contributed by atoms with Crippen LogP contribution in [-0.2, 0) is 11.3 Å². The van der Waals surface area contributed by atoms with E-state index in [1.807, 2.05) is 26.1 Å². The first-order chi connectivity index (χ1) is 12.3. The van der Waals surface area contributed by atoms with E-state index in [4.69, 9.17) is 16.3 Å². The number of anilines is 1. The molecule has 5 nitrogen and oxygen atoms in total. The number of benzene rings is 2. The van der Waals surface area contributed by atoms with Gasteiger partial charge in [0, 0.05) is 21.8 Å². The Hall–Kier alpha value is -2.37. The Morgan fingerprint density at radius 2 is 1.96 bits per heavy atom. The van der Waals surface area contributed by atoms with E-state index in [0.29, 0.717) is 22.8 Å². The molecule has 0 aliphatic heterocycles. The second-order valence-electron chi connectivity index (χ2n) is 6.33. The number of carbonyl (C=O) groups is 2. The molecule has 0 heterocycles. The maximum atomic E-state index is 12.6. The number of hydrogen-bond acceptors (Lipinski definition) is 3. The molecule has 2 atom stereocenters. The van der Waals surface area contributed by atoms with Crippen LogP contribution in [0.15, 0.2) is 42.5 Å². The van der Waals surface area contributed by atoms with E-state index in [1.54, 1.807) is 37.4 Å². The molecule has 0 spiro atoms. The van der Waals surface area contributed by atoms with Gasteiger partial charge in [-0.15, -0.1) is 0 Å². The zero-order chi connectivity index (χ0) is 19.3. The predicted octanol–water partition coefficient (Wildman–Crippen LogP) is 2.59. The number of methoxy groups -OCH3 is 1. The number of likely N-dealkylation sites (N-methyl/N-ethyl adjacent to an activating group) is 1. The zero-order valence-electron chi connectivity index (χ0n) is 15.4. The lowest BCUT2D eigenvalue weighted by Crippen LogP contribution is -3.12. The molecular weight excluding hydrogens is 352 g/mol. The number of ether oxygens (including phenoxy) is 1. The van der Waals surface area contributed by atoms with Crippen molar-refractivity contribution in [1.82, 2.24) is 0 Å². The highest BCUT2D eigenvalue weighted by Crippen LogP contribution is 2.21. The molecular formula is C20H24ClN2O3+. The third kappa shape index (κ3) is 5.07. The summed E-state index contributed by atoms with van der Waals surface area (Å²) in [4.78, 5) is 25.0. The number of amides is 1. The molecule has 2 aromatic carbocycles. The fourth-order valence-electron chi connectivity index (χ4n) is 2.63. The molecule has 6 heteroatoms. The zero-order valence-corrected chi connectivity index (χ0v) is 16.2. The van der Waals surface area contributed by atoms with Crippen LogP contribution in [-0.4, -0.2) is 31.9 Å². The monoisotopic (exact) mass is 375 g/mol. The smallest absolute Gasteiger partial charge is 0.282 e. The SMILES string of the molecule is COc1ccc(Cl)cc1C[NH+](C)[C@H](C)C(=O)Nc1cccc(C(C)=O)c1. The summed E-state index contributed by atoms with van der Waals surface area (Å²) >= 11 is 6.08. The molecule has 2 aromatic rings. The van der Waals surface area contributed by atoms with Crippen molar-refractivity contribution in [3.05, 3.63) is 58.6 Å². The molecule has 0 aromatic heterocycles. The van der Waals surface area contributed by atoms with Crippen LogP contribution in [0.3, 0.4) is 0 Å². The van der Waals surface area contributed by atoms with Gasteiger partial charge in [0.2, 0.25) is 0 Å². The molecule has 0 fully saturated rings. The first kappa shape index (κ1) is 19.9. The summed E-state index contributed by atoms with van der Waals surface area (Å²) < 4.78 is 5.37. The Morgan fingerprint density at radius 1 is 1.23 bits per heavy atom. The average Bonchev–Trinajstić information content (AvgIpc) is 2.61. The molecule has 0 aliphatic rings. The number of Topliss-reactive ketones (excluding diaryl/α,β-unsaturated/α-hetero) is 1. The minimum atomic E-state index is -0.306. The minimum Gasteiger partial charge on any atom is -0.496 e. The van der Waals surface area contributed by atoms with Crippen LogP contribution in [0.25, 0.3) is 0 Å². The van der Waals surface area contributed by atoms with Gasteiger partial charge in [-0.05, 0) is 44.2 Å². The Kier molecular flexibility index (Phi) is 6.77. The van der Waals surface area contributed by atoms with Gasteiger partial charge in [0.05, 0.1) is 14.2 Å². The van der Waals surface area contributed by atoms with E-state index in [2.05, 4.69) is 5.32 Å². The lowest BCUT2D eigenvalue weighted by molar-refractivity contribution is -0.907. The van der Waals surface area contributed by atoms with E-state index in [1.165, 1.54) is 6.92 Å². The van der Waals surface area contributed by atoms with E-state index in [-0.39, 0.29) is 17.7 Å². The number of quaternary nitrogens is 1. The molecule has 2 rings (SSSR count). The van der Waals surface area contributed by atoms with Gasteiger partial charge in [0.25, 0.3) is 5.91 Å². The number of ketones is 1. The summed E-state index contributed by atoms with van der Waals surface area (Å²) in [6.07, 6.45) is 0. The van der Waals surface area contributed by atoms with E-state index < -0.39 is 0 Å². The van der Waals surface area contributed by atoms with Crippen LogP contribution in [0.2, 0.25) is 5.02 Å². The highest BCUT2D eigenvalue weighted by molar-refractivity contribution is 6.30. The van der Waals surface area contributed by atoms with Crippen LogP contribution >= 0.6 is 11.6 Å². The summed E-state index contributed by atoms with van der Waals surface area (Å²) in [5.41, 5.74) is 2.12. The number of carbonyl (C=O) groups excluding carboxylic acids is 2. The van der Waals surface area contributed by atoms with E-state index in [0.717, 1.165) is 16.2 Å². The molecule has 2 N–H and O–H groups in total. The van der Waals surface area contributed by atoms with E-state index in [9.17, 15) is 9.59 Å². The second kappa shape index (κ2) is 8.83. The van der Waals surface area contributed by atoms with Crippen molar-refractivity contribution >= 4 is 29.0 Å². The molecule has 0 aliphatic carbocycles. The van der Waals surface area contributed by atoms with Crippen molar-refractivity contribution in [2.45, 2.75) is 26.4 Å². The summed E-state index contributed by atoms with van der Waals surface area (Å²) in [6.45, 7) is 3.95. The summed E-state index contributed by atoms with van der Waals surface area (Å²) in [7, 11) is 3.55. The Bertz CT molecular complexity index is 807. The molecule has 0 saturated carbocycles. The lowest BCUT2D eigenvalue weighted by Gasteiger charge is -2.22. The van der Waals surface area contributed by atoms with Crippen molar-refractivity contribution in [3.63, 3.8) is 0 Å². The van der Waals surface area contributed by atoms with Crippen LogP contribution in [0.1, 0.15) is 29.8 Å². The fourth-order valence-corrected chi connectivity index (χ4v) is 2.82. The van der Waals surface area contributed by atoms with Crippen LogP contribution in [0.5, 0.6) is 5.75 Å². The number of nitrogens with one attached hydrogen (secondary N) is 2. The number of halogens is 1. The summed E-state index contributed by atoms with van der Waals surface area (Å²) in [5, 5.41) is 3.51. The van der Waals surface area contributed by atoms with Gasteiger partial charge in [-0.2, -0.15) is 0 Å². The van der Waals surface area contributed by atoms with Crippen molar-refractivity contribution in [1.29, 1.82) is 0 Å². The third-order valence-electron chi connectivity index (χ3n) is 4.38. The summed E-state index contributed by atoms with van der Waals surface area (Å²) in [5.74, 6) is 0.588. The fraction of sp³-hybridized carbons (Fsp3) is 0.300. The van der Waals surface area contributed by atoms with Gasteiger partial charge < -0.3 is 15.0 Å². The molecule has 0 bridgehead atoms. The quantitative estimate of drug-likeness (QED) is 0.731. The van der Waals surface area contributed by atoms with Crippen LogP contribution in [0, 0.1) is 0 Å². The van der Waals surface area contributed by atoms with Gasteiger partial charge in [-0.3, -0.25) is 9.59 Å². The van der Waals surface area contributed by atoms with Crippen molar-refractivity contribution in [2.24, 2.45) is 0 Å². The van der Waals surface area contributed by atoms with Gasteiger partial charge in [0.15, 0.2) is 11.8 Å². The molecule has 1 amide bonds. The standard InChI is InChI=1S/C20H23ClN2O3/c1-13(20(25)22-18-7-5-6-15(11-18)14(2)24)23(3)12-16-10-17(21)8-9-19(16)26-4/h5-11,13H,12H2,1-4H3,(H,22,25)/p+1/t13-/m1/s1. The van der Waals surface area contributed by atoms with Crippen molar-refractivity contribution in [2.75, 3.05) is 19.5 Å². The second-order valence-corrected chi connectivity index (χ2v) is 6.76. The topological polar surface area (TPSA) is 59.8 Å². The lowest BCUT2D eigenvalue weighted by atomic mass is 10.1.